The quantitative estimate of drug-likeness (QED) is 0.557. The summed E-state index contributed by atoms with van der Waals surface area (Å²) in [6.07, 6.45) is 4.43. The van der Waals surface area contributed by atoms with Crippen LogP contribution >= 0.6 is 0 Å². The summed E-state index contributed by atoms with van der Waals surface area (Å²) in [6.45, 7) is 0.959. The third-order valence-electron chi connectivity index (χ3n) is 2.30. The van der Waals surface area contributed by atoms with Crippen molar-refractivity contribution in [1.29, 1.82) is 0 Å². The topological polar surface area (TPSA) is 124 Å². The molecule has 0 aliphatic heterocycles. The average Bonchev–Trinajstić information content (AvgIpc) is 2.91. The van der Waals surface area contributed by atoms with E-state index in [4.69, 9.17) is 0 Å². The second-order valence-corrected chi connectivity index (χ2v) is 3.53. The van der Waals surface area contributed by atoms with Gasteiger partial charge in [-0.25, -0.2) is 4.98 Å². The molecule has 0 bridgehead atoms. The molecule has 2 aromatic heterocycles. The Kier molecular flexibility index (Phi) is 3.81. The minimum Gasteiger partial charge on any atom is -0.362 e. The van der Waals surface area contributed by atoms with Crippen LogP contribution in [0.5, 0.6) is 0 Å². The zero-order valence-corrected chi connectivity index (χ0v) is 10.1. The molecule has 0 saturated carbocycles. The molecule has 0 unspecified atom stereocenters. The largest absolute Gasteiger partial charge is 0.362 e. The maximum absolute atomic E-state index is 10.9. The van der Waals surface area contributed by atoms with Crippen LogP contribution in [0.25, 0.3) is 0 Å². The van der Waals surface area contributed by atoms with Crippen LogP contribution in [0.3, 0.4) is 0 Å². The van der Waals surface area contributed by atoms with E-state index < -0.39 is 4.92 Å². The van der Waals surface area contributed by atoms with Crippen LogP contribution in [0.15, 0.2) is 18.6 Å². The Morgan fingerprint density at radius 2 is 2.37 bits per heavy atom. The van der Waals surface area contributed by atoms with E-state index in [1.807, 2.05) is 0 Å². The molecule has 2 heterocycles. The lowest BCUT2D eigenvalue weighted by Gasteiger charge is -2.07. The molecule has 2 aromatic rings. The third-order valence-corrected chi connectivity index (χ3v) is 2.30. The van der Waals surface area contributed by atoms with Crippen LogP contribution in [0, 0.1) is 10.1 Å². The fourth-order valence-electron chi connectivity index (χ4n) is 1.40. The summed E-state index contributed by atoms with van der Waals surface area (Å²) in [4.78, 5) is 18.1. The number of hydrogen-bond donors (Lipinski definition) is 2. The molecule has 0 radical (unpaired) electrons. The standard InChI is InChI=1S/C9H12N8O2/c1-10-9-12-6-7(17(18)19)8(14-9)11-2-4-16-5-3-13-15-16/h3,5-6H,2,4H2,1H3,(H2,10,11,12,14). The lowest BCUT2D eigenvalue weighted by molar-refractivity contribution is -0.384. The number of nitro groups is 1. The van der Waals surface area contributed by atoms with E-state index >= 15 is 0 Å². The fourth-order valence-corrected chi connectivity index (χ4v) is 1.40. The molecule has 0 amide bonds. The van der Waals surface area contributed by atoms with Crippen LogP contribution in [0.1, 0.15) is 0 Å². The van der Waals surface area contributed by atoms with Gasteiger partial charge in [-0.1, -0.05) is 5.21 Å². The first-order chi connectivity index (χ1) is 9.20. The van der Waals surface area contributed by atoms with E-state index in [1.165, 1.54) is 0 Å². The van der Waals surface area contributed by atoms with Crippen molar-refractivity contribution in [2.24, 2.45) is 0 Å². The zero-order valence-electron chi connectivity index (χ0n) is 10.1. The lowest BCUT2D eigenvalue weighted by atomic mass is 10.4. The highest BCUT2D eigenvalue weighted by molar-refractivity contribution is 5.56. The molecular weight excluding hydrogens is 252 g/mol. The number of anilines is 2. The van der Waals surface area contributed by atoms with Gasteiger partial charge in [-0.05, 0) is 0 Å². The van der Waals surface area contributed by atoms with Crippen LogP contribution in [-0.2, 0) is 6.54 Å². The summed E-state index contributed by atoms with van der Waals surface area (Å²) < 4.78 is 1.61. The van der Waals surface area contributed by atoms with Crippen molar-refractivity contribution < 1.29 is 4.92 Å². The van der Waals surface area contributed by atoms with Gasteiger partial charge in [-0.2, -0.15) is 4.98 Å². The maximum atomic E-state index is 10.9. The van der Waals surface area contributed by atoms with Gasteiger partial charge in [-0.3, -0.25) is 14.8 Å². The monoisotopic (exact) mass is 264 g/mol. The lowest BCUT2D eigenvalue weighted by Crippen LogP contribution is -2.14. The van der Waals surface area contributed by atoms with E-state index in [1.54, 1.807) is 24.1 Å². The van der Waals surface area contributed by atoms with E-state index in [0.29, 0.717) is 19.0 Å². The SMILES string of the molecule is CNc1ncc([N+](=O)[O-])c(NCCn2ccnn2)n1. The van der Waals surface area contributed by atoms with Gasteiger partial charge in [0.1, 0.15) is 6.20 Å². The summed E-state index contributed by atoms with van der Waals surface area (Å²) in [5.74, 6) is 0.485. The Labute approximate surface area is 108 Å². The number of rotatable bonds is 6. The van der Waals surface area contributed by atoms with Crippen molar-refractivity contribution in [3.05, 3.63) is 28.7 Å². The number of nitrogens with one attached hydrogen (secondary N) is 2. The second-order valence-electron chi connectivity index (χ2n) is 3.53. The predicted molar refractivity (Wildman–Crippen MR) is 66.7 cm³/mol. The molecule has 19 heavy (non-hydrogen) atoms. The van der Waals surface area contributed by atoms with Gasteiger partial charge >= 0.3 is 5.69 Å². The molecule has 100 valence electrons. The second kappa shape index (κ2) is 5.71. The predicted octanol–water partition coefficient (Wildman–Crippen LogP) is 0.130. The smallest absolute Gasteiger partial charge is 0.329 e. The van der Waals surface area contributed by atoms with Gasteiger partial charge < -0.3 is 10.6 Å². The minimum atomic E-state index is -0.531. The number of nitrogens with zero attached hydrogens (tertiary/aromatic N) is 6. The summed E-state index contributed by atoms with van der Waals surface area (Å²) in [7, 11) is 1.64. The van der Waals surface area contributed by atoms with Crippen molar-refractivity contribution in [1.82, 2.24) is 25.0 Å². The van der Waals surface area contributed by atoms with Crippen LogP contribution in [0.4, 0.5) is 17.5 Å². The van der Waals surface area contributed by atoms with Crippen molar-refractivity contribution in [3.8, 4) is 0 Å². The molecule has 2 rings (SSSR count). The van der Waals surface area contributed by atoms with Gasteiger partial charge in [-0.15, -0.1) is 5.10 Å². The highest BCUT2D eigenvalue weighted by Gasteiger charge is 2.16. The minimum absolute atomic E-state index is 0.169. The Bertz CT molecular complexity index is 555. The number of aromatic nitrogens is 5. The number of hydrogen-bond acceptors (Lipinski definition) is 8. The third kappa shape index (κ3) is 3.12. The van der Waals surface area contributed by atoms with Crippen LogP contribution in [-0.4, -0.2) is 43.5 Å². The normalized spacial score (nSPS) is 10.2. The van der Waals surface area contributed by atoms with Gasteiger partial charge in [0.25, 0.3) is 0 Å². The first-order valence-electron chi connectivity index (χ1n) is 5.48. The van der Waals surface area contributed by atoms with E-state index in [0.717, 1.165) is 6.20 Å². The van der Waals surface area contributed by atoms with Gasteiger partial charge in [0, 0.05) is 19.8 Å². The fraction of sp³-hybridized carbons (Fsp3) is 0.333. The molecule has 0 aliphatic carbocycles. The summed E-state index contributed by atoms with van der Waals surface area (Å²) >= 11 is 0. The molecule has 0 spiro atoms. The van der Waals surface area contributed by atoms with Gasteiger partial charge in [0.15, 0.2) is 0 Å². The molecule has 0 fully saturated rings. The maximum Gasteiger partial charge on any atom is 0.329 e. The summed E-state index contributed by atoms with van der Waals surface area (Å²) in [6, 6.07) is 0. The molecular formula is C9H12N8O2. The highest BCUT2D eigenvalue weighted by atomic mass is 16.6. The average molecular weight is 264 g/mol. The van der Waals surface area contributed by atoms with Gasteiger partial charge in [0.2, 0.25) is 11.8 Å². The molecule has 10 heteroatoms. The molecule has 0 saturated heterocycles. The molecule has 0 aromatic carbocycles. The molecule has 0 aliphatic rings. The summed E-state index contributed by atoms with van der Waals surface area (Å²) in [5, 5.41) is 23.9. The molecule has 2 N–H and O–H groups in total. The van der Waals surface area contributed by atoms with Crippen LogP contribution < -0.4 is 10.6 Å². The Morgan fingerprint density at radius 1 is 1.53 bits per heavy atom. The van der Waals surface area contributed by atoms with E-state index in [2.05, 4.69) is 30.9 Å². The van der Waals surface area contributed by atoms with Crippen LogP contribution in [0.2, 0.25) is 0 Å². The zero-order chi connectivity index (χ0) is 13.7. The van der Waals surface area contributed by atoms with E-state index in [-0.39, 0.29) is 11.5 Å². The summed E-state index contributed by atoms with van der Waals surface area (Å²) in [5.41, 5.74) is -0.169. The molecule has 10 nitrogen and oxygen atoms in total. The first kappa shape index (κ1) is 12.7. The van der Waals surface area contributed by atoms with Crippen molar-refractivity contribution in [3.63, 3.8) is 0 Å². The Balaban J connectivity index is 2.06. The van der Waals surface area contributed by atoms with E-state index in [9.17, 15) is 10.1 Å². The van der Waals surface area contributed by atoms with Crippen molar-refractivity contribution >= 4 is 17.5 Å². The molecule has 0 atom stereocenters. The first-order valence-corrected chi connectivity index (χ1v) is 5.48. The van der Waals surface area contributed by atoms with Crippen molar-refractivity contribution in [2.45, 2.75) is 6.54 Å². The Morgan fingerprint density at radius 3 is 3.00 bits per heavy atom. The Hall–Kier alpha value is -2.78. The van der Waals surface area contributed by atoms with Crippen molar-refractivity contribution in [2.75, 3.05) is 24.2 Å². The highest BCUT2D eigenvalue weighted by Crippen LogP contribution is 2.21. The van der Waals surface area contributed by atoms with Gasteiger partial charge in [0.05, 0.1) is 17.7 Å².